The van der Waals surface area contributed by atoms with E-state index in [0.29, 0.717) is 17.5 Å². The molecule has 1 N–H and O–H groups in total. The third-order valence-electron chi connectivity index (χ3n) is 3.12. The third kappa shape index (κ3) is 4.29. The Bertz CT molecular complexity index is 576. The van der Waals surface area contributed by atoms with Crippen LogP contribution in [-0.2, 0) is 4.79 Å². The molecule has 1 aliphatic rings. The van der Waals surface area contributed by atoms with Crippen LogP contribution in [-0.4, -0.2) is 22.5 Å². The number of carbonyl (C=O) groups excluding carboxylic acids is 1. The Hall–Kier alpha value is -1.88. The van der Waals surface area contributed by atoms with Crippen molar-refractivity contribution in [3.05, 3.63) is 48.0 Å². The molecule has 0 aromatic heterocycles. The lowest BCUT2D eigenvalue weighted by Crippen LogP contribution is -2.24. The Labute approximate surface area is 129 Å². The number of carbonyl (C=O) groups is 1. The van der Waals surface area contributed by atoms with E-state index < -0.39 is 0 Å². The van der Waals surface area contributed by atoms with Crippen molar-refractivity contribution in [2.75, 3.05) is 0 Å². The van der Waals surface area contributed by atoms with Gasteiger partial charge >= 0.3 is 0 Å². The molecule has 1 aliphatic heterocycles. The fourth-order valence-electron chi connectivity index (χ4n) is 1.87. The number of amidine groups is 1. The minimum Gasteiger partial charge on any atom is -0.303 e. The van der Waals surface area contributed by atoms with E-state index >= 15 is 0 Å². The SMILES string of the molecule is C=CC[C@@H]1S/C(=N/N=Cc2ccc(C(C)C)cc2)NC1=O. The average Bonchev–Trinajstić information content (AvgIpc) is 2.80. The average molecular weight is 301 g/mol. The zero-order valence-electron chi connectivity index (χ0n) is 12.2. The molecule has 1 fully saturated rings. The lowest BCUT2D eigenvalue weighted by molar-refractivity contribution is -0.118. The van der Waals surface area contributed by atoms with Gasteiger partial charge in [0, 0.05) is 0 Å². The number of hydrogen-bond donors (Lipinski definition) is 1. The van der Waals surface area contributed by atoms with Crippen molar-refractivity contribution in [1.29, 1.82) is 0 Å². The fraction of sp³-hybridized carbons (Fsp3) is 0.312. The van der Waals surface area contributed by atoms with Gasteiger partial charge in [-0.2, -0.15) is 5.10 Å². The van der Waals surface area contributed by atoms with Crippen LogP contribution < -0.4 is 5.32 Å². The quantitative estimate of drug-likeness (QED) is 0.515. The van der Waals surface area contributed by atoms with Crippen LogP contribution in [0.1, 0.15) is 37.3 Å². The van der Waals surface area contributed by atoms with Gasteiger partial charge in [-0.25, -0.2) is 0 Å². The molecule has 110 valence electrons. The van der Waals surface area contributed by atoms with Crippen molar-refractivity contribution in [3.8, 4) is 0 Å². The fourth-order valence-corrected chi connectivity index (χ4v) is 2.80. The summed E-state index contributed by atoms with van der Waals surface area (Å²) in [5, 5.41) is 11.2. The Balaban J connectivity index is 1.97. The lowest BCUT2D eigenvalue weighted by atomic mass is 10.0. The van der Waals surface area contributed by atoms with E-state index in [1.165, 1.54) is 17.3 Å². The molecule has 0 aliphatic carbocycles. The highest BCUT2D eigenvalue weighted by atomic mass is 32.2. The molecule has 2 rings (SSSR count). The van der Waals surface area contributed by atoms with Gasteiger partial charge in [0.05, 0.1) is 11.5 Å². The van der Waals surface area contributed by atoms with Gasteiger partial charge in [0.15, 0.2) is 5.17 Å². The molecule has 0 bridgehead atoms. The van der Waals surface area contributed by atoms with Gasteiger partial charge in [-0.15, -0.1) is 11.7 Å². The van der Waals surface area contributed by atoms with Crippen LogP contribution in [0.2, 0.25) is 0 Å². The van der Waals surface area contributed by atoms with Gasteiger partial charge < -0.3 is 5.32 Å². The number of rotatable bonds is 5. The number of nitrogens with zero attached hydrogens (tertiary/aromatic N) is 2. The summed E-state index contributed by atoms with van der Waals surface area (Å²) in [6.45, 7) is 7.96. The maximum Gasteiger partial charge on any atom is 0.239 e. The van der Waals surface area contributed by atoms with E-state index in [2.05, 4.69) is 48.1 Å². The van der Waals surface area contributed by atoms with E-state index in [1.807, 2.05) is 12.1 Å². The molecule has 1 aromatic rings. The molecular weight excluding hydrogens is 282 g/mol. The molecule has 0 radical (unpaired) electrons. The highest BCUT2D eigenvalue weighted by Crippen LogP contribution is 2.22. The molecule has 0 unspecified atom stereocenters. The topological polar surface area (TPSA) is 53.8 Å². The van der Waals surface area contributed by atoms with E-state index in [0.717, 1.165) is 5.56 Å². The first-order valence-corrected chi connectivity index (χ1v) is 7.77. The first-order chi connectivity index (χ1) is 10.1. The van der Waals surface area contributed by atoms with Crippen molar-refractivity contribution in [2.45, 2.75) is 31.4 Å². The summed E-state index contributed by atoms with van der Waals surface area (Å²) in [5.41, 5.74) is 2.28. The Morgan fingerprint density at radius 2 is 2.10 bits per heavy atom. The molecule has 1 atom stereocenters. The summed E-state index contributed by atoms with van der Waals surface area (Å²) in [7, 11) is 0. The van der Waals surface area contributed by atoms with Crippen LogP contribution in [0.4, 0.5) is 0 Å². The predicted octanol–water partition coefficient (Wildman–Crippen LogP) is 3.31. The summed E-state index contributed by atoms with van der Waals surface area (Å²) in [4.78, 5) is 11.6. The second-order valence-electron chi connectivity index (χ2n) is 5.09. The standard InChI is InChI=1S/C16H19N3OS/c1-4-5-14-15(20)18-16(21-14)19-17-10-12-6-8-13(9-7-12)11(2)3/h4,6-11,14H,1,5H2,2-3H3,(H,18,19,20)/t14-/m0/s1. The van der Waals surface area contributed by atoms with Crippen LogP contribution in [0.25, 0.3) is 0 Å². The first-order valence-electron chi connectivity index (χ1n) is 6.89. The first kappa shape index (κ1) is 15.5. The molecule has 21 heavy (non-hydrogen) atoms. The van der Waals surface area contributed by atoms with E-state index in [1.54, 1.807) is 12.3 Å². The number of amides is 1. The maximum absolute atomic E-state index is 11.6. The normalized spacial score (nSPS) is 20.4. The van der Waals surface area contributed by atoms with Gasteiger partial charge in [-0.3, -0.25) is 4.79 Å². The molecule has 1 amide bonds. The van der Waals surface area contributed by atoms with Gasteiger partial charge in [0.25, 0.3) is 0 Å². The maximum atomic E-state index is 11.6. The Morgan fingerprint density at radius 3 is 2.71 bits per heavy atom. The molecule has 5 heteroatoms. The van der Waals surface area contributed by atoms with Crippen molar-refractivity contribution < 1.29 is 4.79 Å². The van der Waals surface area contributed by atoms with Gasteiger partial charge in [-0.05, 0) is 23.5 Å². The largest absolute Gasteiger partial charge is 0.303 e. The Kier molecular flexibility index (Phi) is 5.33. The van der Waals surface area contributed by atoms with Crippen LogP contribution in [0.3, 0.4) is 0 Å². The summed E-state index contributed by atoms with van der Waals surface area (Å²) >= 11 is 1.39. The van der Waals surface area contributed by atoms with Crippen molar-refractivity contribution >= 4 is 29.1 Å². The second kappa shape index (κ2) is 7.22. The van der Waals surface area contributed by atoms with Crippen molar-refractivity contribution in [1.82, 2.24) is 5.32 Å². The minimum atomic E-state index is -0.137. The highest BCUT2D eigenvalue weighted by Gasteiger charge is 2.28. The zero-order valence-corrected chi connectivity index (χ0v) is 13.1. The number of benzene rings is 1. The van der Waals surface area contributed by atoms with Crippen molar-refractivity contribution in [2.24, 2.45) is 10.2 Å². The Morgan fingerprint density at radius 1 is 1.38 bits per heavy atom. The molecule has 0 saturated carbocycles. The van der Waals surface area contributed by atoms with Crippen LogP contribution in [0.15, 0.2) is 47.1 Å². The third-order valence-corrected chi connectivity index (χ3v) is 4.21. The molecule has 4 nitrogen and oxygen atoms in total. The van der Waals surface area contributed by atoms with Crippen LogP contribution in [0.5, 0.6) is 0 Å². The summed E-state index contributed by atoms with van der Waals surface area (Å²) < 4.78 is 0. The van der Waals surface area contributed by atoms with Crippen LogP contribution in [0, 0.1) is 0 Å². The molecular formula is C16H19N3OS. The summed E-state index contributed by atoms with van der Waals surface area (Å²) in [5.74, 6) is 0.485. The lowest BCUT2D eigenvalue weighted by Gasteiger charge is -2.03. The van der Waals surface area contributed by atoms with Crippen LogP contribution >= 0.6 is 11.8 Å². The highest BCUT2D eigenvalue weighted by molar-refractivity contribution is 8.15. The zero-order chi connectivity index (χ0) is 15.2. The smallest absolute Gasteiger partial charge is 0.239 e. The van der Waals surface area contributed by atoms with Gasteiger partial charge in [0.1, 0.15) is 0 Å². The van der Waals surface area contributed by atoms with E-state index in [9.17, 15) is 4.79 Å². The monoisotopic (exact) mass is 301 g/mol. The second-order valence-corrected chi connectivity index (χ2v) is 6.28. The molecule has 1 aromatic carbocycles. The number of nitrogens with one attached hydrogen (secondary N) is 1. The number of hydrogen-bond acceptors (Lipinski definition) is 4. The van der Waals surface area contributed by atoms with Gasteiger partial charge in [-0.1, -0.05) is 56.0 Å². The summed E-state index contributed by atoms with van der Waals surface area (Å²) in [6, 6.07) is 8.20. The molecule has 1 saturated heterocycles. The van der Waals surface area contributed by atoms with E-state index in [-0.39, 0.29) is 11.2 Å². The van der Waals surface area contributed by atoms with Gasteiger partial charge in [0.2, 0.25) is 5.91 Å². The number of thioether (sulfide) groups is 1. The minimum absolute atomic E-state index is 0.0323. The predicted molar refractivity (Wildman–Crippen MR) is 89.9 cm³/mol. The molecule has 0 spiro atoms. The molecule has 1 heterocycles. The number of allylic oxidation sites excluding steroid dienone is 1. The summed E-state index contributed by atoms with van der Waals surface area (Å²) in [6.07, 6.45) is 4.06. The van der Waals surface area contributed by atoms with Crippen molar-refractivity contribution in [3.63, 3.8) is 0 Å². The van der Waals surface area contributed by atoms with E-state index in [4.69, 9.17) is 0 Å².